The molecule has 0 N–H and O–H groups in total. The number of rotatable bonds is 4. The maximum atomic E-state index is 11.8. The van der Waals surface area contributed by atoms with Gasteiger partial charge in [-0.1, -0.05) is 20.8 Å². The first-order valence-corrected chi connectivity index (χ1v) is 8.07. The van der Waals surface area contributed by atoms with E-state index < -0.39 is 9.84 Å². The van der Waals surface area contributed by atoms with E-state index in [2.05, 4.69) is 0 Å². The summed E-state index contributed by atoms with van der Waals surface area (Å²) in [5, 5.41) is -0.240. The van der Waals surface area contributed by atoms with Gasteiger partial charge in [-0.2, -0.15) is 0 Å². The zero-order chi connectivity index (χ0) is 13.1. The lowest BCUT2D eigenvalue weighted by Crippen LogP contribution is -2.43. The van der Waals surface area contributed by atoms with E-state index in [0.29, 0.717) is 38.3 Å². The Kier molecular flexibility index (Phi) is 4.98. The van der Waals surface area contributed by atoms with Gasteiger partial charge in [0, 0.05) is 25.3 Å². The number of carbonyl (C=O) groups is 1. The van der Waals surface area contributed by atoms with Crippen LogP contribution in [0.3, 0.4) is 0 Å². The summed E-state index contributed by atoms with van der Waals surface area (Å²) in [6.07, 6.45) is 1.76. The summed E-state index contributed by atoms with van der Waals surface area (Å²) in [6, 6.07) is 0. The number of nitrogens with zero attached hydrogens (tertiary/aromatic N) is 1. The van der Waals surface area contributed by atoms with Gasteiger partial charge in [0.1, 0.15) is 0 Å². The van der Waals surface area contributed by atoms with E-state index >= 15 is 0 Å². The summed E-state index contributed by atoms with van der Waals surface area (Å²) in [7, 11) is -2.93. The Bertz CT molecular complexity index is 354. The van der Waals surface area contributed by atoms with Crippen molar-refractivity contribution in [2.45, 2.75) is 45.3 Å². The normalized spacial score (nSPS) is 18.7. The molecule has 0 unspecified atom stereocenters. The standard InChI is InChI=1S/C12H23NO3S/c1-4-17(15,16)11-5-7-13(8-6-11)12(14)9-10(2)3/h10-11H,4-9H2,1-3H3. The molecule has 0 spiro atoms. The molecule has 0 atom stereocenters. The molecule has 0 aliphatic carbocycles. The lowest BCUT2D eigenvalue weighted by atomic mass is 10.1. The monoisotopic (exact) mass is 261 g/mol. The van der Waals surface area contributed by atoms with Crippen molar-refractivity contribution in [2.75, 3.05) is 18.8 Å². The van der Waals surface area contributed by atoms with E-state index in [1.54, 1.807) is 6.92 Å². The van der Waals surface area contributed by atoms with Gasteiger partial charge in [0.05, 0.1) is 5.25 Å². The minimum absolute atomic E-state index is 0.160. The molecule has 0 aromatic rings. The minimum Gasteiger partial charge on any atom is -0.343 e. The van der Waals surface area contributed by atoms with Gasteiger partial charge >= 0.3 is 0 Å². The van der Waals surface area contributed by atoms with E-state index in [0.717, 1.165) is 0 Å². The third-order valence-electron chi connectivity index (χ3n) is 3.29. The van der Waals surface area contributed by atoms with Crippen LogP contribution < -0.4 is 0 Å². The van der Waals surface area contributed by atoms with Crippen molar-refractivity contribution in [3.8, 4) is 0 Å². The number of carbonyl (C=O) groups excluding carboxylic acids is 1. The van der Waals surface area contributed by atoms with Crippen LogP contribution in [0.4, 0.5) is 0 Å². The number of amides is 1. The second-order valence-corrected chi connectivity index (χ2v) is 7.70. The number of sulfone groups is 1. The molecular weight excluding hydrogens is 238 g/mol. The Balaban J connectivity index is 2.49. The molecular formula is C12H23NO3S. The van der Waals surface area contributed by atoms with Gasteiger partial charge in [0.15, 0.2) is 9.84 Å². The summed E-state index contributed by atoms with van der Waals surface area (Å²) >= 11 is 0. The van der Waals surface area contributed by atoms with Gasteiger partial charge in [0.2, 0.25) is 5.91 Å². The molecule has 1 aliphatic rings. The van der Waals surface area contributed by atoms with E-state index in [1.165, 1.54) is 0 Å². The zero-order valence-corrected chi connectivity index (χ0v) is 11.8. The fraction of sp³-hybridized carbons (Fsp3) is 0.917. The molecule has 4 nitrogen and oxygen atoms in total. The number of likely N-dealkylation sites (tertiary alicyclic amines) is 1. The second-order valence-electron chi connectivity index (χ2n) is 5.13. The Morgan fingerprint density at radius 3 is 2.24 bits per heavy atom. The molecule has 0 saturated carbocycles. The highest BCUT2D eigenvalue weighted by molar-refractivity contribution is 7.92. The van der Waals surface area contributed by atoms with Crippen molar-refractivity contribution in [1.29, 1.82) is 0 Å². The lowest BCUT2D eigenvalue weighted by Gasteiger charge is -2.32. The second kappa shape index (κ2) is 5.85. The average Bonchev–Trinajstić information content (AvgIpc) is 2.28. The fourth-order valence-corrected chi connectivity index (χ4v) is 3.58. The van der Waals surface area contributed by atoms with Crippen LogP contribution in [0.25, 0.3) is 0 Å². The van der Waals surface area contributed by atoms with Gasteiger partial charge in [-0.05, 0) is 18.8 Å². The lowest BCUT2D eigenvalue weighted by molar-refractivity contribution is -0.132. The van der Waals surface area contributed by atoms with Gasteiger partial charge in [0.25, 0.3) is 0 Å². The number of hydrogen-bond acceptors (Lipinski definition) is 3. The molecule has 100 valence electrons. The van der Waals surface area contributed by atoms with Crippen LogP contribution in [0, 0.1) is 5.92 Å². The minimum atomic E-state index is -2.93. The summed E-state index contributed by atoms with van der Waals surface area (Å²) in [5.41, 5.74) is 0. The van der Waals surface area contributed by atoms with E-state index in [1.807, 2.05) is 18.7 Å². The SMILES string of the molecule is CCS(=O)(=O)C1CCN(C(=O)CC(C)C)CC1. The molecule has 1 fully saturated rings. The quantitative estimate of drug-likeness (QED) is 0.770. The molecule has 5 heteroatoms. The molecule has 0 bridgehead atoms. The van der Waals surface area contributed by atoms with Gasteiger partial charge in [-0.15, -0.1) is 0 Å². The molecule has 1 rings (SSSR count). The highest BCUT2D eigenvalue weighted by Crippen LogP contribution is 2.19. The number of hydrogen-bond donors (Lipinski definition) is 0. The summed E-state index contributed by atoms with van der Waals surface area (Å²) in [6.45, 7) is 6.91. The predicted molar refractivity (Wildman–Crippen MR) is 68.5 cm³/mol. The fourth-order valence-electron chi connectivity index (χ4n) is 2.18. The van der Waals surface area contributed by atoms with Crippen molar-refractivity contribution in [3.05, 3.63) is 0 Å². The first-order chi connectivity index (χ1) is 7.86. The largest absolute Gasteiger partial charge is 0.343 e. The van der Waals surface area contributed by atoms with Gasteiger partial charge in [-0.3, -0.25) is 4.79 Å². The zero-order valence-electron chi connectivity index (χ0n) is 11.0. The third-order valence-corrected chi connectivity index (χ3v) is 5.58. The van der Waals surface area contributed by atoms with Crippen molar-refractivity contribution in [1.82, 2.24) is 4.90 Å². The maximum absolute atomic E-state index is 11.8. The van der Waals surface area contributed by atoms with Gasteiger partial charge < -0.3 is 4.90 Å². The molecule has 1 saturated heterocycles. The Hall–Kier alpha value is -0.580. The van der Waals surface area contributed by atoms with E-state index in [4.69, 9.17) is 0 Å². The molecule has 0 radical (unpaired) electrons. The predicted octanol–water partition coefficient (Wildman–Crippen LogP) is 1.46. The van der Waals surface area contributed by atoms with Crippen LogP contribution in [0.1, 0.15) is 40.0 Å². The summed E-state index contributed by atoms with van der Waals surface area (Å²) < 4.78 is 23.4. The molecule has 0 aromatic heterocycles. The van der Waals surface area contributed by atoms with Gasteiger partial charge in [-0.25, -0.2) is 8.42 Å². The molecule has 1 aliphatic heterocycles. The van der Waals surface area contributed by atoms with Crippen LogP contribution in [0.15, 0.2) is 0 Å². The molecule has 17 heavy (non-hydrogen) atoms. The van der Waals surface area contributed by atoms with E-state index in [-0.39, 0.29) is 16.9 Å². The van der Waals surface area contributed by atoms with Crippen LogP contribution in [0.2, 0.25) is 0 Å². The third kappa shape index (κ3) is 3.98. The summed E-state index contributed by atoms with van der Waals surface area (Å²) in [4.78, 5) is 13.6. The first kappa shape index (κ1) is 14.5. The number of piperidine rings is 1. The van der Waals surface area contributed by atoms with Crippen LogP contribution >= 0.6 is 0 Å². The van der Waals surface area contributed by atoms with Crippen molar-refractivity contribution in [2.24, 2.45) is 5.92 Å². The highest BCUT2D eigenvalue weighted by Gasteiger charge is 2.30. The summed E-state index contributed by atoms with van der Waals surface area (Å²) in [5.74, 6) is 0.726. The van der Waals surface area contributed by atoms with Crippen LogP contribution in [-0.4, -0.2) is 43.3 Å². The maximum Gasteiger partial charge on any atom is 0.222 e. The average molecular weight is 261 g/mol. The Labute approximate surface area is 104 Å². The Morgan fingerprint density at radius 1 is 1.29 bits per heavy atom. The van der Waals surface area contributed by atoms with Crippen molar-refractivity contribution in [3.63, 3.8) is 0 Å². The topological polar surface area (TPSA) is 54.5 Å². The molecule has 0 aromatic carbocycles. The molecule has 1 amide bonds. The van der Waals surface area contributed by atoms with Crippen molar-refractivity contribution < 1.29 is 13.2 Å². The Morgan fingerprint density at radius 2 is 1.82 bits per heavy atom. The molecule has 1 heterocycles. The highest BCUT2D eigenvalue weighted by atomic mass is 32.2. The first-order valence-electron chi connectivity index (χ1n) is 6.36. The van der Waals surface area contributed by atoms with Crippen LogP contribution in [-0.2, 0) is 14.6 Å². The smallest absolute Gasteiger partial charge is 0.222 e. The van der Waals surface area contributed by atoms with E-state index in [9.17, 15) is 13.2 Å². The van der Waals surface area contributed by atoms with Crippen molar-refractivity contribution >= 4 is 15.7 Å². The van der Waals surface area contributed by atoms with Crippen LogP contribution in [0.5, 0.6) is 0 Å².